The Kier molecular flexibility index (Phi) is 5.90. The standard InChI is InChI=1S/C18H16ClFN4OS/c1-12-22-23-18(24(12)10-13-5-3-2-4-6-13)26-11-17(25)21-14-7-8-16(20)15(19)9-14/h2-9H,10-11H2,1H3,(H,21,25). The summed E-state index contributed by atoms with van der Waals surface area (Å²) in [6.07, 6.45) is 0. The van der Waals surface area contributed by atoms with Crippen LogP contribution in [0.5, 0.6) is 0 Å². The summed E-state index contributed by atoms with van der Waals surface area (Å²) in [6, 6.07) is 14.0. The Morgan fingerprint density at radius 1 is 1.23 bits per heavy atom. The maximum absolute atomic E-state index is 13.2. The van der Waals surface area contributed by atoms with E-state index < -0.39 is 5.82 Å². The van der Waals surface area contributed by atoms with Gasteiger partial charge in [-0.05, 0) is 30.7 Å². The molecule has 0 aliphatic rings. The summed E-state index contributed by atoms with van der Waals surface area (Å²) in [5, 5.41) is 11.6. The van der Waals surface area contributed by atoms with Gasteiger partial charge in [0.15, 0.2) is 5.16 Å². The molecule has 8 heteroatoms. The minimum absolute atomic E-state index is 0.0336. The minimum Gasteiger partial charge on any atom is -0.325 e. The third kappa shape index (κ3) is 4.62. The zero-order chi connectivity index (χ0) is 18.5. The molecule has 1 N–H and O–H groups in total. The number of nitrogens with one attached hydrogen (secondary N) is 1. The molecule has 134 valence electrons. The average Bonchev–Trinajstić information content (AvgIpc) is 2.97. The van der Waals surface area contributed by atoms with Gasteiger partial charge in [0.1, 0.15) is 11.6 Å². The number of anilines is 1. The maximum Gasteiger partial charge on any atom is 0.234 e. The fourth-order valence-corrected chi connectivity index (χ4v) is 3.28. The predicted molar refractivity (Wildman–Crippen MR) is 101 cm³/mol. The number of carbonyl (C=O) groups excluding carboxylic acids is 1. The molecule has 0 saturated carbocycles. The van der Waals surface area contributed by atoms with E-state index in [0.29, 0.717) is 17.4 Å². The average molecular weight is 391 g/mol. The highest BCUT2D eigenvalue weighted by Gasteiger charge is 2.13. The molecule has 2 aromatic carbocycles. The van der Waals surface area contributed by atoms with Gasteiger partial charge in [-0.2, -0.15) is 0 Å². The lowest BCUT2D eigenvalue weighted by Gasteiger charge is -2.09. The van der Waals surface area contributed by atoms with Gasteiger partial charge in [0, 0.05) is 5.69 Å². The zero-order valence-corrected chi connectivity index (χ0v) is 15.5. The predicted octanol–water partition coefficient (Wildman–Crippen LogP) is 4.16. The van der Waals surface area contributed by atoms with Gasteiger partial charge < -0.3 is 9.88 Å². The Labute approximate surface area is 159 Å². The molecule has 0 atom stereocenters. The summed E-state index contributed by atoms with van der Waals surface area (Å²) in [4.78, 5) is 12.1. The first-order chi connectivity index (χ1) is 12.5. The molecule has 0 bridgehead atoms. The van der Waals surface area contributed by atoms with Crippen molar-refractivity contribution < 1.29 is 9.18 Å². The van der Waals surface area contributed by atoms with Gasteiger partial charge in [-0.15, -0.1) is 10.2 Å². The normalized spacial score (nSPS) is 10.7. The van der Waals surface area contributed by atoms with Crippen LogP contribution in [0.3, 0.4) is 0 Å². The van der Waals surface area contributed by atoms with Crippen LogP contribution >= 0.6 is 23.4 Å². The summed E-state index contributed by atoms with van der Waals surface area (Å²) < 4.78 is 15.1. The fraction of sp³-hybridized carbons (Fsp3) is 0.167. The van der Waals surface area contributed by atoms with E-state index in [1.807, 2.05) is 41.8 Å². The first kappa shape index (κ1) is 18.4. The van der Waals surface area contributed by atoms with Gasteiger partial charge in [-0.1, -0.05) is 53.7 Å². The van der Waals surface area contributed by atoms with E-state index in [4.69, 9.17) is 11.6 Å². The van der Waals surface area contributed by atoms with Crippen LogP contribution in [0.1, 0.15) is 11.4 Å². The van der Waals surface area contributed by atoms with Gasteiger partial charge in [0.2, 0.25) is 5.91 Å². The van der Waals surface area contributed by atoms with Crippen LogP contribution in [0.15, 0.2) is 53.7 Å². The molecular formula is C18H16ClFN4OS. The van der Waals surface area contributed by atoms with Crippen molar-refractivity contribution in [2.45, 2.75) is 18.6 Å². The molecule has 5 nitrogen and oxygen atoms in total. The molecule has 0 aliphatic heterocycles. The number of hydrogen-bond acceptors (Lipinski definition) is 4. The first-order valence-corrected chi connectivity index (χ1v) is 9.20. The number of benzene rings is 2. The summed E-state index contributed by atoms with van der Waals surface area (Å²) in [5.74, 6) is 0.178. The van der Waals surface area contributed by atoms with Crippen LogP contribution in [0, 0.1) is 12.7 Å². The summed E-state index contributed by atoms with van der Waals surface area (Å²) in [5.41, 5.74) is 1.58. The highest BCUT2D eigenvalue weighted by Crippen LogP contribution is 2.21. The topological polar surface area (TPSA) is 59.8 Å². The Hall–Kier alpha value is -2.38. The van der Waals surface area contributed by atoms with Crippen molar-refractivity contribution in [3.05, 3.63) is 70.8 Å². The smallest absolute Gasteiger partial charge is 0.234 e. The Bertz CT molecular complexity index is 917. The third-order valence-electron chi connectivity index (χ3n) is 3.62. The molecule has 3 aromatic rings. The SMILES string of the molecule is Cc1nnc(SCC(=O)Nc2ccc(F)c(Cl)c2)n1Cc1ccccc1. The van der Waals surface area contributed by atoms with E-state index in [2.05, 4.69) is 15.5 Å². The van der Waals surface area contributed by atoms with Gasteiger partial charge in [0.05, 0.1) is 17.3 Å². The summed E-state index contributed by atoms with van der Waals surface area (Å²) in [7, 11) is 0. The molecule has 1 amide bonds. The molecular weight excluding hydrogens is 375 g/mol. The van der Waals surface area contributed by atoms with Crippen molar-refractivity contribution in [3.8, 4) is 0 Å². The van der Waals surface area contributed by atoms with Crippen LogP contribution in [0.2, 0.25) is 5.02 Å². The second-order valence-corrected chi connectivity index (χ2v) is 6.92. The molecule has 1 heterocycles. The molecule has 26 heavy (non-hydrogen) atoms. The summed E-state index contributed by atoms with van der Waals surface area (Å²) >= 11 is 7.01. The monoisotopic (exact) mass is 390 g/mol. The molecule has 3 rings (SSSR count). The number of rotatable bonds is 6. The molecule has 0 radical (unpaired) electrons. The van der Waals surface area contributed by atoms with Gasteiger partial charge >= 0.3 is 0 Å². The quantitative estimate of drug-likeness (QED) is 0.642. The number of nitrogens with zero attached hydrogens (tertiary/aromatic N) is 3. The minimum atomic E-state index is -0.525. The van der Waals surface area contributed by atoms with Crippen molar-refractivity contribution in [2.24, 2.45) is 0 Å². The van der Waals surface area contributed by atoms with E-state index in [0.717, 1.165) is 11.4 Å². The van der Waals surface area contributed by atoms with E-state index in [1.165, 1.54) is 30.0 Å². The second-order valence-electron chi connectivity index (χ2n) is 5.57. The van der Waals surface area contributed by atoms with Crippen molar-refractivity contribution >= 4 is 35.0 Å². The molecule has 1 aromatic heterocycles. The van der Waals surface area contributed by atoms with Crippen LogP contribution in [-0.2, 0) is 11.3 Å². The van der Waals surface area contributed by atoms with Crippen LogP contribution in [0.4, 0.5) is 10.1 Å². The van der Waals surface area contributed by atoms with E-state index >= 15 is 0 Å². The van der Waals surface area contributed by atoms with Crippen molar-refractivity contribution in [2.75, 3.05) is 11.1 Å². The number of hydrogen-bond donors (Lipinski definition) is 1. The fourth-order valence-electron chi connectivity index (χ4n) is 2.32. The Morgan fingerprint density at radius 2 is 2.00 bits per heavy atom. The number of halogens is 2. The molecule has 0 fully saturated rings. The van der Waals surface area contributed by atoms with Gasteiger partial charge in [-0.3, -0.25) is 4.79 Å². The van der Waals surface area contributed by atoms with E-state index in [1.54, 1.807) is 0 Å². The second kappa shape index (κ2) is 8.33. The lowest BCUT2D eigenvalue weighted by atomic mass is 10.2. The van der Waals surface area contributed by atoms with Crippen LogP contribution in [0.25, 0.3) is 0 Å². The molecule has 0 spiro atoms. The van der Waals surface area contributed by atoms with Gasteiger partial charge in [0.25, 0.3) is 0 Å². The number of aromatic nitrogens is 3. The maximum atomic E-state index is 13.2. The molecule has 0 saturated heterocycles. The zero-order valence-electron chi connectivity index (χ0n) is 13.9. The van der Waals surface area contributed by atoms with E-state index in [9.17, 15) is 9.18 Å². The third-order valence-corrected chi connectivity index (χ3v) is 4.88. The number of carbonyl (C=O) groups is 1. The first-order valence-electron chi connectivity index (χ1n) is 7.84. The van der Waals surface area contributed by atoms with Crippen molar-refractivity contribution in [1.29, 1.82) is 0 Å². The number of thioether (sulfide) groups is 1. The summed E-state index contributed by atoms with van der Waals surface area (Å²) in [6.45, 7) is 2.51. The lowest BCUT2D eigenvalue weighted by molar-refractivity contribution is -0.113. The lowest BCUT2D eigenvalue weighted by Crippen LogP contribution is -2.15. The van der Waals surface area contributed by atoms with Gasteiger partial charge in [-0.25, -0.2) is 4.39 Å². The van der Waals surface area contributed by atoms with Crippen LogP contribution in [-0.4, -0.2) is 26.4 Å². The van der Waals surface area contributed by atoms with Crippen molar-refractivity contribution in [1.82, 2.24) is 14.8 Å². The highest BCUT2D eigenvalue weighted by atomic mass is 35.5. The van der Waals surface area contributed by atoms with E-state index in [-0.39, 0.29) is 16.7 Å². The number of aryl methyl sites for hydroxylation is 1. The largest absolute Gasteiger partial charge is 0.325 e. The van der Waals surface area contributed by atoms with Crippen LogP contribution < -0.4 is 5.32 Å². The molecule has 0 aliphatic carbocycles. The number of amides is 1. The Balaban J connectivity index is 1.62. The van der Waals surface area contributed by atoms with Crippen molar-refractivity contribution in [3.63, 3.8) is 0 Å². The molecule has 0 unspecified atom stereocenters. The Morgan fingerprint density at radius 3 is 2.73 bits per heavy atom. The highest BCUT2D eigenvalue weighted by molar-refractivity contribution is 7.99.